The van der Waals surface area contributed by atoms with Gasteiger partial charge in [0, 0.05) is 22.2 Å². The molecular formula is C17H17NS2. The number of hydrogen-bond donors (Lipinski definition) is 1. The van der Waals surface area contributed by atoms with Gasteiger partial charge >= 0.3 is 0 Å². The third kappa shape index (κ3) is 2.20. The average molecular weight is 299 g/mol. The van der Waals surface area contributed by atoms with E-state index in [1.807, 2.05) is 22.7 Å². The molecular weight excluding hydrogens is 282 g/mol. The van der Waals surface area contributed by atoms with E-state index in [0.717, 1.165) is 6.54 Å². The van der Waals surface area contributed by atoms with Gasteiger partial charge in [0.1, 0.15) is 0 Å². The van der Waals surface area contributed by atoms with Crippen LogP contribution >= 0.6 is 22.7 Å². The van der Waals surface area contributed by atoms with Crippen LogP contribution in [-0.4, -0.2) is 0 Å². The fraction of sp³-hybridized carbons (Fsp3) is 0.294. The largest absolute Gasteiger partial charge is 0.306 e. The van der Waals surface area contributed by atoms with E-state index in [2.05, 4.69) is 46.4 Å². The van der Waals surface area contributed by atoms with E-state index in [-0.39, 0.29) is 0 Å². The SMILES string of the molecule is c1ccc2c(CNC3CCCc4sccc43)csc2c1. The molecule has 3 aromatic rings. The molecule has 0 spiro atoms. The van der Waals surface area contributed by atoms with Gasteiger partial charge in [0.25, 0.3) is 0 Å². The van der Waals surface area contributed by atoms with Crippen LogP contribution in [-0.2, 0) is 13.0 Å². The molecule has 20 heavy (non-hydrogen) atoms. The maximum atomic E-state index is 3.77. The minimum atomic E-state index is 0.545. The van der Waals surface area contributed by atoms with Gasteiger partial charge in [-0.2, -0.15) is 0 Å². The molecule has 1 aromatic carbocycles. The summed E-state index contributed by atoms with van der Waals surface area (Å²) in [5, 5.41) is 9.72. The first-order valence-corrected chi connectivity index (χ1v) is 8.92. The lowest BCUT2D eigenvalue weighted by atomic mass is 9.94. The van der Waals surface area contributed by atoms with Crippen LogP contribution in [0.3, 0.4) is 0 Å². The number of aryl methyl sites for hydroxylation is 1. The number of nitrogens with one attached hydrogen (secondary N) is 1. The fourth-order valence-corrected chi connectivity index (χ4v) is 5.05. The minimum absolute atomic E-state index is 0.545. The predicted molar refractivity (Wildman–Crippen MR) is 88.7 cm³/mol. The standard InChI is InChI=1S/C17H17NS2/c1-2-6-16-13(4-1)12(11-20-16)10-18-15-5-3-7-17-14(15)8-9-19-17/h1-2,4,6,8-9,11,15,18H,3,5,7,10H2. The second kappa shape index (κ2) is 5.32. The Bertz CT molecular complexity index is 725. The molecule has 0 saturated carbocycles. The molecule has 1 N–H and O–H groups in total. The molecule has 1 nitrogen and oxygen atoms in total. The highest BCUT2D eigenvalue weighted by atomic mass is 32.1. The van der Waals surface area contributed by atoms with E-state index < -0.39 is 0 Å². The van der Waals surface area contributed by atoms with Crippen LogP contribution in [0.5, 0.6) is 0 Å². The summed E-state index contributed by atoms with van der Waals surface area (Å²) in [6, 6.07) is 11.6. The van der Waals surface area contributed by atoms with Gasteiger partial charge in [-0.1, -0.05) is 18.2 Å². The van der Waals surface area contributed by atoms with Gasteiger partial charge in [0.2, 0.25) is 0 Å². The first-order valence-electron chi connectivity index (χ1n) is 7.16. The molecule has 0 saturated heterocycles. The van der Waals surface area contributed by atoms with Gasteiger partial charge in [-0.05, 0) is 58.7 Å². The summed E-state index contributed by atoms with van der Waals surface area (Å²) in [6.07, 6.45) is 3.86. The first-order chi connectivity index (χ1) is 9.92. The molecule has 0 fully saturated rings. The van der Waals surface area contributed by atoms with Crippen LogP contribution in [0.2, 0.25) is 0 Å². The Morgan fingerprint density at radius 3 is 3.10 bits per heavy atom. The number of hydrogen-bond acceptors (Lipinski definition) is 3. The van der Waals surface area contributed by atoms with Crippen molar-refractivity contribution in [1.82, 2.24) is 5.32 Å². The number of fused-ring (bicyclic) bond motifs is 2. The van der Waals surface area contributed by atoms with Crippen LogP contribution in [0.25, 0.3) is 10.1 Å². The summed E-state index contributed by atoms with van der Waals surface area (Å²) in [5.41, 5.74) is 2.98. The number of benzene rings is 1. The maximum Gasteiger partial charge on any atom is 0.0346 e. The molecule has 1 aliphatic carbocycles. The van der Waals surface area contributed by atoms with E-state index in [4.69, 9.17) is 0 Å². The van der Waals surface area contributed by atoms with Crippen LogP contribution < -0.4 is 5.32 Å². The molecule has 3 heteroatoms. The molecule has 4 rings (SSSR count). The van der Waals surface area contributed by atoms with Crippen LogP contribution in [0.1, 0.15) is 34.9 Å². The Balaban J connectivity index is 1.54. The average Bonchev–Trinajstić information content (AvgIpc) is 3.12. The van der Waals surface area contributed by atoms with E-state index in [9.17, 15) is 0 Å². The molecule has 0 radical (unpaired) electrons. The van der Waals surface area contributed by atoms with Crippen LogP contribution in [0.15, 0.2) is 41.1 Å². The normalized spacial score (nSPS) is 18.3. The summed E-state index contributed by atoms with van der Waals surface area (Å²) in [5.74, 6) is 0. The molecule has 0 aliphatic heterocycles. The molecule has 102 valence electrons. The Morgan fingerprint density at radius 2 is 2.10 bits per heavy atom. The van der Waals surface area contributed by atoms with Crippen molar-refractivity contribution in [3.05, 3.63) is 57.1 Å². The monoisotopic (exact) mass is 299 g/mol. The lowest BCUT2D eigenvalue weighted by Gasteiger charge is -2.23. The van der Waals surface area contributed by atoms with E-state index >= 15 is 0 Å². The predicted octanol–water partition coefficient (Wildman–Crippen LogP) is 5.13. The zero-order valence-corrected chi connectivity index (χ0v) is 12.9. The van der Waals surface area contributed by atoms with Crippen LogP contribution in [0, 0.1) is 0 Å². The topological polar surface area (TPSA) is 12.0 Å². The smallest absolute Gasteiger partial charge is 0.0346 e. The van der Waals surface area contributed by atoms with Crippen molar-refractivity contribution in [3.63, 3.8) is 0 Å². The van der Waals surface area contributed by atoms with Crippen molar-refractivity contribution in [3.8, 4) is 0 Å². The molecule has 2 aromatic heterocycles. The molecule has 1 aliphatic rings. The van der Waals surface area contributed by atoms with E-state index in [1.54, 1.807) is 10.4 Å². The molecule has 1 atom stereocenters. The Morgan fingerprint density at radius 1 is 1.15 bits per heavy atom. The van der Waals surface area contributed by atoms with Gasteiger partial charge < -0.3 is 5.32 Å². The summed E-state index contributed by atoms with van der Waals surface area (Å²) in [6.45, 7) is 0.976. The highest BCUT2D eigenvalue weighted by Gasteiger charge is 2.20. The Labute approximate surface area is 127 Å². The summed E-state index contributed by atoms with van der Waals surface area (Å²) in [4.78, 5) is 1.59. The molecule has 0 bridgehead atoms. The number of rotatable bonds is 3. The van der Waals surface area contributed by atoms with E-state index in [0.29, 0.717) is 6.04 Å². The fourth-order valence-electron chi connectivity index (χ4n) is 3.10. The van der Waals surface area contributed by atoms with Crippen LogP contribution in [0.4, 0.5) is 0 Å². The van der Waals surface area contributed by atoms with Gasteiger partial charge in [0.15, 0.2) is 0 Å². The second-order valence-corrected chi connectivity index (χ2v) is 7.29. The third-order valence-electron chi connectivity index (χ3n) is 4.15. The summed E-state index contributed by atoms with van der Waals surface area (Å²) in [7, 11) is 0. The zero-order valence-electron chi connectivity index (χ0n) is 11.3. The highest BCUT2D eigenvalue weighted by Crippen LogP contribution is 2.34. The van der Waals surface area contributed by atoms with Crippen molar-refractivity contribution in [2.75, 3.05) is 0 Å². The van der Waals surface area contributed by atoms with Gasteiger partial charge in [0.05, 0.1) is 0 Å². The van der Waals surface area contributed by atoms with Crippen molar-refractivity contribution in [2.24, 2.45) is 0 Å². The van der Waals surface area contributed by atoms with Gasteiger partial charge in [-0.15, -0.1) is 22.7 Å². The van der Waals surface area contributed by atoms with Crippen molar-refractivity contribution in [1.29, 1.82) is 0 Å². The third-order valence-corrected chi connectivity index (χ3v) is 6.16. The quantitative estimate of drug-likeness (QED) is 0.707. The zero-order chi connectivity index (χ0) is 13.4. The Hall–Kier alpha value is -1.16. The van der Waals surface area contributed by atoms with Crippen molar-refractivity contribution >= 4 is 32.8 Å². The second-order valence-electron chi connectivity index (χ2n) is 5.38. The lowest BCUT2D eigenvalue weighted by molar-refractivity contribution is 0.464. The Kier molecular flexibility index (Phi) is 3.34. The van der Waals surface area contributed by atoms with Gasteiger partial charge in [-0.3, -0.25) is 0 Å². The highest BCUT2D eigenvalue weighted by molar-refractivity contribution is 7.17. The summed E-state index contributed by atoms with van der Waals surface area (Å²) < 4.78 is 1.39. The molecule has 0 amide bonds. The maximum absolute atomic E-state index is 3.77. The molecule has 2 heterocycles. The van der Waals surface area contributed by atoms with Gasteiger partial charge in [-0.25, -0.2) is 0 Å². The number of thiophene rings is 2. The first kappa shape index (κ1) is 12.6. The molecule has 1 unspecified atom stereocenters. The minimum Gasteiger partial charge on any atom is -0.306 e. The van der Waals surface area contributed by atoms with Crippen molar-refractivity contribution < 1.29 is 0 Å². The lowest BCUT2D eigenvalue weighted by Crippen LogP contribution is -2.23. The van der Waals surface area contributed by atoms with E-state index in [1.165, 1.54) is 34.9 Å². The van der Waals surface area contributed by atoms with Crippen molar-refractivity contribution in [2.45, 2.75) is 31.8 Å². The summed E-state index contributed by atoms with van der Waals surface area (Å²) >= 11 is 3.77.